The van der Waals surface area contributed by atoms with Crippen molar-refractivity contribution in [2.75, 3.05) is 19.6 Å². The van der Waals surface area contributed by atoms with E-state index in [1.807, 2.05) is 12.4 Å². The summed E-state index contributed by atoms with van der Waals surface area (Å²) in [6.45, 7) is 3.35. The van der Waals surface area contributed by atoms with Gasteiger partial charge in [-0.25, -0.2) is 9.78 Å². The van der Waals surface area contributed by atoms with E-state index in [1.54, 1.807) is 16.5 Å². The highest BCUT2D eigenvalue weighted by atomic mass is 16.4. The molecule has 5 heteroatoms. The van der Waals surface area contributed by atoms with Gasteiger partial charge in [-0.15, -0.1) is 0 Å². The fourth-order valence-electron chi connectivity index (χ4n) is 2.81. The summed E-state index contributed by atoms with van der Waals surface area (Å²) in [6, 6.07) is 3.34. The number of imidazole rings is 1. The molecule has 0 radical (unpaired) electrons. The summed E-state index contributed by atoms with van der Waals surface area (Å²) >= 11 is 0. The van der Waals surface area contributed by atoms with Crippen LogP contribution in [0.4, 0.5) is 0 Å². The number of hydrogen-bond donors (Lipinski definition) is 1. The van der Waals surface area contributed by atoms with Gasteiger partial charge in [-0.1, -0.05) is 6.42 Å². The maximum Gasteiger partial charge on any atom is 0.339 e. The van der Waals surface area contributed by atoms with Crippen molar-refractivity contribution in [1.29, 1.82) is 0 Å². The third-order valence-corrected chi connectivity index (χ3v) is 3.90. The number of carboxylic acids is 1. The van der Waals surface area contributed by atoms with Crippen molar-refractivity contribution in [3.8, 4) is 0 Å². The SMILES string of the molecule is O=C(O)c1cccn2cc(CCN3CCCCC3)nc12. The Labute approximate surface area is 117 Å². The Hall–Kier alpha value is -1.88. The first-order chi connectivity index (χ1) is 9.74. The molecule has 20 heavy (non-hydrogen) atoms. The third-order valence-electron chi connectivity index (χ3n) is 3.90. The van der Waals surface area contributed by atoms with E-state index in [1.165, 1.54) is 32.4 Å². The maximum atomic E-state index is 11.2. The molecule has 0 spiro atoms. The zero-order chi connectivity index (χ0) is 13.9. The van der Waals surface area contributed by atoms with Gasteiger partial charge in [0.2, 0.25) is 0 Å². The Morgan fingerprint density at radius 3 is 2.85 bits per heavy atom. The van der Waals surface area contributed by atoms with Gasteiger partial charge in [0, 0.05) is 25.4 Å². The molecule has 1 saturated heterocycles. The number of rotatable bonds is 4. The molecule has 0 aromatic carbocycles. The molecule has 1 aliphatic heterocycles. The van der Waals surface area contributed by atoms with Crippen LogP contribution in [0.1, 0.15) is 35.3 Å². The van der Waals surface area contributed by atoms with Gasteiger partial charge in [0.05, 0.1) is 5.69 Å². The molecule has 0 amide bonds. The van der Waals surface area contributed by atoms with Crippen molar-refractivity contribution < 1.29 is 9.90 Å². The first kappa shape index (κ1) is 13.1. The quantitative estimate of drug-likeness (QED) is 0.926. The lowest BCUT2D eigenvalue weighted by Crippen LogP contribution is -2.31. The minimum atomic E-state index is -0.927. The van der Waals surface area contributed by atoms with Crippen molar-refractivity contribution in [1.82, 2.24) is 14.3 Å². The number of fused-ring (bicyclic) bond motifs is 1. The highest BCUT2D eigenvalue weighted by Gasteiger charge is 2.13. The smallest absolute Gasteiger partial charge is 0.339 e. The van der Waals surface area contributed by atoms with Gasteiger partial charge >= 0.3 is 5.97 Å². The fourth-order valence-corrected chi connectivity index (χ4v) is 2.81. The standard InChI is InChI=1S/C15H19N3O2/c19-15(20)13-5-4-9-18-11-12(16-14(13)18)6-10-17-7-2-1-3-8-17/h4-5,9,11H,1-3,6-8,10H2,(H,19,20). The lowest BCUT2D eigenvalue weighted by atomic mass is 10.1. The van der Waals surface area contributed by atoms with Crippen LogP contribution in [-0.4, -0.2) is 45.0 Å². The summed E-state index contributed by atoms with van der Waals surface area (Å²) in [4.78, 5) is 18.1. The summed E-state index contributed by atoms with van der Waals surface area (Å²) in [6.07, 6.45) is 8.57. The van der Waals surface area contributed by atoms with Gasteiger partial charge in [0.1, 0.15) is 5.56 Å². The first-order valence-corrected chi connectivity index (χ1v) is 7.16. The van der Waals surface area contributed by atoms with Crippen LogP contribution < -0.4 is 0 Å². The number of pyridine rings is 1. The van der Waals surface area contributed by atoms with Crippen molar-refractivity contribution >= 4 is 11.6 Å². The van der Waals surface area contributed by atoms with Gasteiger partial charge in [-0.05, 0) is 38.1 Å². The van der Waals surface area contributed by atoms with E-state index in [0.29, 0.717) is 5.65 Å². The van der Waals surface area contributed by atoms with Crippen LogP contribution in [0.2, 0.25) is 0 Å². The van der Waals surface area contributed by atoms with Crippen LogP contribution in [-0.2, 0) is 6.42 Å². The van der Waals surface area contributed by atoms with Crippen LogP contribution in [0.3, 0.4) is 0 Å². The number of piperidine rings is 1. The summed E-state index contributed by atoms with van der Waals surface area (Å²) in [7, 11) is 0. The van der Waals surface area contributed by atoms with Gasteiger partial charge in [0.15, 0.2) is 5.65 Å². The molecule has 0 bridgehead atoms. The van der Waals surface area contributed by atoms with E-state index < -0.39 is 5.97 Å². The van der Waals surface area contributed by atoms with Gasteiger partial charge in [0.25, 0.3) is 0 Å². The monoisotopic (exact) mass is 273 g/mol. The summed E-state index contributed by atoms with van der Waals surface area (Å²) < 4.78 is 1.80. The highest BCUT2D eigenvalue weighted by molar-refractivity contribution is 5.94. The molecule has 0 unspecified atom stereocenters. The lowest BCUT2D eigenvalue weighted by molar-refractivity contribution is 0.0698. The van der Waals surface area contributed by atoms with Gasteiger partial charge in [-0.2, -0.15) is 0 Å². The van der Waals surface area contributed by atoms with Crippen molar-refractivity contribution in [2.24, 2.45) is 0 Å². The third kappa shape index (κ3) is 2.67. The molecule has 0 aliphatic carbocycles. The molecule has 3 heterocycles. The minimum absolute atomic E-state index is 0.261. The largest absolute Gasteiger partial charge is 0.478 e. The first-order valence-electron chi connectivity index (χ1n) is 7.16. The molecule has 2 aromatic heterocycles. The average molecular weight is 273 g/mol. The van der Waals surface area contributed by atoms with Crippen LogP contribution in [0, 0.1) is 0 Å². The fraction of sp³-hybridized carbons (Fsp3) is 0.467. The topological polar surface area (TPSA) is 57.8 Å². The Morgan fingerprint density at radius 2 is 2.10 bits per heavy atom. The van der Waals surface area contributed by atoms with Crippen LogP contribution in [0.15, 0.2) is 24.5 Å². The predicted octanol–water partition coefficient (Wildman–Crippen LogP) is 2.06. The number of carboxylic acid groups (broad SMARTS) is 1. The molecule has 1 aliphatic rings. The summed E-state index contributed by atoms with van der Waals surface area (Å²) in [5.74, 6) is -0.927. The normalized spacial score (nSPS) is 16.6. The van der Waals surface area contributed by atoms with E-state index in [-0.39, 0.29) is 5.56 Å². The number of aromatic nitrogens is 2. The van der Waals surface area contributed by atoms with Crippen molar-refractivity contribution in [2.45, 2.75) is 25.7 Å². The van der Waals surface area contributed by atoms with Crippen LogP contribution >= 0.6 is 0 Å². The zero-order valence-corrected chi connectivity index (χ0v) is 11.5. The Balaban J connectivity index is 1.75. The second-order valence-electron chi connectivity index (χ2n) is 5.34. The van der Waals surface area contributed by atoms with Crippen LogP contribution in [0.25, 0.3) is 5.65 Å². The van der Waals surface area contributed by atoms with E-state index in [0.717, 1.165) is 18.7 Å². The van der Waals surface area contributed by atoms with E-state index >= 15 is 0 Å². The molecular weight excluding hydrogens is 254 g/mol. The zero-order valence-electron chi connectivity index (χ0n) is 11.5. The lowest BCUT2D eigenvalue weighted by Gasteiger charge is -2.25. The van der Waals surface area contributed by atoms with Gasteiger partial charge < -0.3 is 14.4 Å². The minimum Gasteiger partial charge on any atom is -0.478 e. The molecular formula is C15H19N3O2. The summed E-state index contributed by atoms with van der Waals surface area (Å²) in [5.41, 5.74) is 1.76. The molecule has 0 saturated carbocycles. The Morgan fingerprint density at radius 1 is 1.30 bits per heavy atom. The predicted molar refractivity (Wildman–Crippen MR) is 76.1 cm³/mol. The molecule has 1 fully saturated rings. The maximum absolute atomic E-state index is 11.2. The second-order valence-corrected chi connectivity index (χ2v) is 5.34. The van der Waals surface area contributed by atoms with Crippen LogP contribution in [0.5, 0.6) is 0 Å². The van der Waals surface area contributed by atoms with Crippen molar-refractivity contribution in [3.63, 3.8) is 0 Å². The number of aromatic carboxylic acids is 1. The molecule has 3 rings (SSSR count). The number of hydrogen-bond acceptors (Lipinski definition) is 3. The van der Waals surface area contributed by atoms with E-state index in [9.17, 15) is 4.79 Å². The van der Waals surface area contributed by atoms with E-state index in [4.69, 9.17) is 5.11 Å². The van der Waals surface area contributed by atoms with E-state index in [2.05, 4.69) is 9.88 Å². The van der Waals surface area contributed by atoms with Gasteiger partial charge in [-0.3, -0.25) is 0 Å². The molecule has 0 atom stereocenters. The number of likely N-dealkylation sites (tertiary alicyclic amines) is 1. The molecule has 5 nitrogen and oxygen atoms in total. The second kappa shape index (κ2) is 5.63. The number of nitrogens with zero attached hydrogens (tertiary/aromatic N) is 3. The summed E-state index contributed by atoms with van der Waals surface area (Å²) in [5, 5.41) is 9.16. The molecule has 2 aromatic rings. The highest BCUT2D eigenvalue weighted by Crippen LogP contribution is 2.13. The Kier molecular flexibility index (Phi) is 3.69. The molecule has 106 valence electrons. The van der Waals surface area contributed by atoms with Crippen molar-refractivity contribution in [3.05, 3.63) is 35.8 Å². The average Bonchev–Trinajstić information content (AvgIpc) is 2.88. The number of carbonyl (C=O) groups is 1. The molecule has 1 N–H and O–H groups in total. The Bertz CT molecular complexity index is 615.